The van der Waals surface area contributed by atoms with Crippen molar-refractivity contribution < 1.29 is 104 Å². The summed E-state index contributed by atoms with van der Waals surface area (Å²) in [5.41, 5.74) is 0. The molecule has 0 saturated heterocycles. The van der Waals surface area contributed by atoms with Crippen LogP contribution < -0.4 is 0 Å². The fraction of sp³-hybridized carbons (Fsp3) is 1.00. The first kappa shape index (κ1) is 63.2. The summed E-state index contributed by atoms with van der Waals surface area (Å²) in [6.07, 6.45) is 27.0. The third-order valence-electron chi connectivity index (χ3n) is 4.50. The molecule has 0 bridgehead atoms. The maximum absolute atomic E-state index is 9.75. The van der Waals surface area contributed by atoms with E-state index in [0.717, 1.165) is 0 Å². The first-order valence-electron chi connectivity index (χ1n) is 14.2. The largest absolute Gasteiger partial charge is 0.673 e. The standard InChI is InChI=1S/3C6H12.6BF4.H3P/c3*1-2-4-6-5-3-1;6*2-1(3,4)5;/h3*1-6H2;;;;;;;1H3/q;;;6*-1;. The second-order valence-electron chi connectivity index (χ2n) is 9.33. The Morgan fingerprint density at radius 3 is 0.184 bits per heavy atom. The highest BCUT2D eigenvalue weighted by Gasteiger charge is 2.22. The molecule has 31 heteroatoms. The lowest BCUT2D eigenvalue weighted by Gasteiger charge is -2.05. The summed E-state index contributed by atoms with van der Waals surface area (Å²) >= 11 is 0. The fourth-order valence-electron chi connectivity index (χ4n) is 3.18. The van der Waals surface area contributed by atoms with Gasteiger partial charge in [0.15, 0.2) is 0 Å². The van der Waals surface area contributed by atoms with Gasteiger partial charge in [-0.1, -0.05) is 116 Å². The lowest BCUT2D eigenvalue weighted by molar-refractivity contribution is 0.366. The Labute approximate surface area is 273 Å². The predicted molar refractivity (Wildman–Crippen MR) is 155 cm³/mol. The monoisotopic (exact) mass is 808 g/mol. The molecule has 49 heavy (non-hydrogen) atoms. The van der Waals surface area contributed by atoms with Crippen molar-refractivity contribution in [1.29, 1.82) is 0 Å². The molecule has 3 fully saturated rings. The predicted octanol–water partition coefficient (Wildman–Crippen LogP) is 14.9. The molecule has 1 atom stereocenters. The molecule has 0 radical (unpaired) electrons. The van der Waals surface area contributed by atoms with Crippen LogP contribution in [0.4, 0.5) is 104 Å². The van der Waals surface area contributed by atoms with Gasteiger partial charge >= 0.3 is 43.5 Å². The zero-order chi connectivity index (χ0) is 39.7. The van der Waals surface area contributed by atoms with Crippen LogP contribution in [0, 0.1) is 0 Å². The zero-order valence-corrected chi connectivity index (χ0v) is 27.4. The van der Waals surface area contributed by atoms with E-state index in [2.05, 4.69) is 0 Å². The highest BCUT2D eigenvalue weighted by molar-refractivity contribution is 6.92. The number of hydrogen-bond acceptors (Lipinski definition) is 0. The second-order valence-corrected chi connectivity index (χ2v) is 9.33. The summed E-state index contributed by atoms with van der Waals surface area (Å²) < 4.78 is 234. The molecular weight excluding hydrogens is 768 g/mol. The van der Waals surface area contributed by atoms with E-state index in [9.17, 15) is 104 Å². The molecule has 1 unspecified atom stereocenters. The Kier molecular flexibility index (Phi) is 45.8. The molecule has 0 aromatic heterocycles. The number of hydrogen-bond donors (Lipinski definition) is 0. The Hall–Kier alpha value is -0.860. The summed E-state index contributed by atoms with van der Waals surface area (Å²) in [5.74, 6) is 0. The third-order valence-corrected chi connectivity index (χ3v) is 4.50. The average molecular weight is 807 g/mol. The highest BCUT2D eigenvalue weighted by atomic mass is 31.0. The van der Waals surface area contributed by atoms with E-state index in [1.54, 1.807) is 0 Å². The van der Waals surface area contributed by atoms with Gasteiger partial charge in [-0.2, -0.15) is 9.90 Å². The minimum atomic E-state index is -6.00. The van der Waals surface area contributed by atoms with Gasteiger partial charge in [-0.3, -0.25) is 0 Å². The van der Waals surface area contributed by atoms with Crippen molar-refractivity contribution in [3.05, 3.63) is 0 Å². The van der Waals surface area contributed by atoms with Crippen molar-refractivity contribution in [3.63, 3.8) is 0 Å². The quantitative estimate of drug-likeness (QED) is 0.130. The lowest BCUT2D eigenvalue weighted by atomic mass is 10.0. The van der Waals surface area contributed by atoms with Crippen molar-refractivity contribution >= 4 is 53.4 Å². The summed E-state index contributed by atoms with van der Waals surface area (Å²) in [5, 5.41) is 0. The van der Waals surface area contributed by atoms with Gasteiger partial charge < -0.3 is 104 Å². The van der Waals surface area contributed by atoms with E-state index in [1.807, 2.05) is 0 Å². The smallest absolute Gasteiger partial charge is 0.418 e. The molecule has 3 rings (SSSR count). The van der Waals surface area contributed by atoms with E-state index in [-0.39, 0.29) is 9.90 Å². The van der Waals surface area contributed by atoms with Crippen LogP contribution in [0.3, 0.4) is 0 Å². The van der Waals surface area contributed by atoms with Crippen molar-refractivity contribution in [2.24, 2.45) is 0 Å². The summed E-state index contributed by atoms with van der Waals surface area (Å²) in [7, 11) is -36.0. The maximum atomic E-state index is 9.75. The molecule has 0 N–H and O–H groups in total. The average Bonchev–Trinajstić information content (AvgIpc) is 2.82. The van der Waals surface area contributed by atoms with Gasteiger partial charge in [0.25, 0.3) is 0 Å². The van der Waals surface area contributed by atoms with Crippen LogP contribution in [0.25, 0.3) is 0 Å². The summed E-state index contributed by atoms with van der Waals surface area (Å²) in [6.45, 7) is 0. The molecule has 308 valence electrons. The van der Waals surface area contributed by atoms with Crippen LogP contribution in [0.1, 0.15) is 116 Å². The molecule has 3 saturated carbocycles. The molecule has 0 amide bonds. The maximum Gasteiger partial charge on any atom is 0.673 e. The van der Waals surface area contributed by atoms with E-state index < -0.39 is 43.5 Å². The van der Waals surface area contributed by atoms with Crippen LogP contribution >= 0.6 is 9.90 Å². The molecule has 0 aromatic rings. The minimum Gasteiger partial charge on any atom is -0.418 e. The molecule has 0 aromatic carbocycles. The fourth-order valence-corrected chi connectivity index (χ4v) is 3.18. The van der Waals surface area contributed by atoms with Crippen LogP contribution in [0.5, 0.6) is 0 Å². The van der Waals surface area contributed by atoms with Gasteiger partial charge in [-0.25, -0.2) is 0 Å². The minimum absolute atomic E-state index is 0. The van der Waals surface area contributed by atoms with Crippen molar-refractivity contribution in [2.45, 2.75) is 116 Å². The van der Waals surface area contributed by atoms with Gasteiger partial charge in [-0.15, -0.1) is 0 Å². The Morgan fingerprint density at radius 1 is 0.143 bits per heavy atom. The third kappa shape index (κ3) is 327. The Bertz CT molecular complexity index is 435. The lowest BCUT2D eigenvalue weighted by Crippen LogP contribution is -2.02. The molecule has 0 heterocycles. The first-order valence-corrected chi connectivity index (χ1v) is 14.2. The summed E-state index contributed by atoms with van der Waals surface area (Å²) in [4.78, 5) is 0. The van der Waals surface area contributed by atoms with Gasteiger partial charge in [0.1, 0.15) is 0 Å². The Balaban J connectivity index is -0.0000000810. The highest BCUT2D eigenvalue weighted by Crippen LogP contribution is 2.17. The molecule has 0 nitrogen and oxygen atoms in total. The molecule has 3 aliphatic rings. The van der Waals surface area contributed by atoms with Crippen LogP contribution in [0.15, 0.2) is 0 Å². The van der Waals surface area contributed by atoms with E-state index in [0.29, 0.717) is 0 Å². The Morgan fingerprint density at radius 2 is 0.163 bits per heavy atom. The van der Waals surface area contributed by atoms with Crippen LogP contribution in [-0.4, -0.2) is 43.5 Å². The topological polar surface area (TPSA) is 0 Å². The van der Waals surface area contributed by atoms with Gasteiger partial charge in [0, 0.05) is 0 Å². The van der Waals surface area contributed by atoms with E-state index in [4.69, 9.17) is 0 Å². The van der Waals surface area contributed by atoms with Gasteiger partial charge in [0.05, 0.1) is 0 Å². The van der Waals surface area contributed by atoms with Crippen LogP contribution in [-0.2, 0) is 0 Å². The molecule has 0 aliphatic heterocycles. The van der Waals surface area contributed by atoms with Crippen molar-refractivity contribution in [3.8, 4) is 0 Å². The second kappa shape index (κ2) is 35.5. The summed E-state index contributed by atoms with van der Waals surface area (Å²) in [6, 6.07) is 0. The molecule has 3 aliphatic carbocycles. The first-order chi connectivity index (χ1) is 21.0. The number of rotatable bonds is 0. The van der Waals surface area contributed by atoms with Gasteiger partial charge in [-0.05, 0) is 0 Å². The number of halogens is 24. The van der Waals surface area contributed by atoms with E-state index >= 15 is 0 Å². The molecule has 0 spiro atoms. The van der Waals surface area contributed by atoms with Crippen molar-refractivity contribution in [1.82, 2.24) is 0 Å². The SMILES string of the molecule is C1CCCCC1.C1CCCCC1.C1CCCCC1.F[B-](F)(F)F.F[B-](F)(F)F.F[B-](F)(F)F.F[B-](F)(F)F.F[B-](F)(F)F.F[B-](F)(F)F.P. The molecular formula is C18H39B6F24P-6. The van der Waals surface area contributed by atoms with E-state index in [1.165, 1.54) is 116 Å². The van der Waals surface area contributed by atoms with Gasteiger partial charge in [0.2, 0.25) is 0 Å². The van der Waals surface area contributed by atoms with Crippen molar-refractivity contribution in [2.75, 3.05) is 0 Å². The van der Waals surface area contributed by atoms with Crippen LogP contribution in [0.2, 0.25) is 0 Å². The normalized spacial score (nSPS) is 16.2. The zero-order valence-electron chi connectivity index (χ0n) is 26.0.